The van der Waals surface area contributed by atoms with Crippen molar-refractivity contribution in [1.29, 1.82) is 0 Å². The molecule has 2 atom stereocenters. The van der Waals surface area contributed by atoms with E-state index >= 15 is 0 Å². The molecule has 20 heavy (non-hydrogen) atoms. The Hall–Kier alpha value is 0.270. The predicted octanol–water partition coefficient (Wildman–Crippen LogP) is 2.83. The summed E-state index contributed by atoms with van der Waals surface area (Å²) in [7, 11) is 0. The molecule has 2 unspecified atom stereocenters. The van der Waals surface area contributed by atoms with E-state index in [1.165, 1.54) is 8.45 Å². The van der Waals surface area contributed by atoms with E-state index in [2.05, 4.69) is 39.5 Å². The fourth-order valence-electron chi connectivity index (χ4n) is 3.43. The van der Waals surface area contributed by atoms with Crippen molar-refractivity contribution in [2.24, 2.45) is 11.8 Å². The van der Waals surface area contributed by atoms with Crippen LogP contribution in [0.15, 0.2) is 11.4 Å². The second-order valence-electron chi connectivity index (χ2n) is 5.73. The van der Waals surface area contributed by atoms with Gasteiger partial charge in [0.25, 0.3) is 0 Å². The summed E-state index contributed by atoms with van der Waals surface area (Å²) in [5, 5.41) is 2.22. The lowest BCUT2D eigenvalue weighted by Crippen LogP contribution is -2.47. The maximum Gasteiger partial charge on any atom is 0.0729 e. The molecule has 2 aliphatic rings. The molecule has 0 amide bonds. The van der Waals surface area contributed by atoms with Crippen LogP contribution in [0.25, 0.3) is 0 Å². The monoisotopic (exact) mass is 408 g/mol. The highest BCUT2D eigenvalue weighted by molar-refractivity contribution is 14.1. The van der Waals surface area contributed by atoms with Crippen LogP contribution < -0.4 is 11.3 Å². The van der Waals surface area contributed by atoms with E-state index in [1.54, 1.807) is 11.3 Å². The van der Waals surface area contributed by atoms with Crippen LogP contribution in [-0.4, -0.2) is 25.4 Å². The largest absolute Gasteiger partial charge is 0.381 e. The van der Waals surface area contributed by atoms with Crippen molar-refractivity contribution in [3.63, 3.8) is 0 Å². The quantitative estimate of drug-likeness (QED) is 0.459. The summed E-state index contributed by atoms with van der Waals surface area (Å²) >= 11 is 4.15. The van der Waals surface area contributed by atoms with Crippen molar-refractivity contribution in [2.75, 3.05) is 19.8 Å². The molecule has 0 aliphatic carbocycles. The molecule has 4 nitrogen and oxygen atoms in total. The summed E-state index contributed by atoms with van der Waals surface area (Å²) in [6.07, 6.45) is 4.19. The van der Waals surface area contributed by atoms with Crippen molar-refractivity contribution in [3.05, 3.63) is 19.9 Å². The standard InChI is InChI=1S/C14H21IN2O2S/c15-12-7-11(9-20-12)13(17-16)10-1-4-19-14(8-10)2-5-18-6-3-14/h7,9-10,13,17H,1-6,8,16H2. The summed E-state index contributed by atoms with van der Waals surface area (Å²) in [6, 6.07) is 2.47. The van der Waals surface area contributed by atoms with Crippen LogP contribution in [0.3, 0.4) is 0 Å². The smallest absolute Gasteiger partial charge is 0.0729 e. The number of rotatable bonds is 3. The maximum atomic E-state index is 6.12. The zero-order chi connectivity index (χ0) is 14.0. The average Bonchev–Trinajstić information content (AvgIpc) is 2.87. The number of nitrogens with one attached hydrogen (secondary N) is 1. The van der Waals surface area contributed by atoms with Gasteiger partial charge in [0.2, 0.25) is 0 Å². The van der Waals surface area contributed by atoms with E-state index in [1.807, 2.05) is 0 Å². The van der Waals surface area contributed by atoms with Gasteiger partial charge in [-0.25, -0.2) is 0 Å². The fourth-order valence-corrected chi connectivity index (χ4v) is 4.84. The van der Waals surface area contributed by atoms with Gasteiger partial charge in [-0.05, 0) is 71.2 Å². The van der Waals surface area contributed by atoms with Crippen LogP contribution >= 0.6 is 33.9 Å². The molecule has 0 radical (unpaired) electrons. The molecule has 3 rings (SSSR count). The summed E-state index contributed by atoms with van der Waals surface area (Å²) in [5.41, 5.74) is 4.38. The summed E-state index contributed by atoms with van der Waals surface area (Å²) in [4.78, 5) is 0. The number of hydrazine groups is 1. The number of hydrogen-bond donors (Lipinski definition) is 2. The molecule has 6 heteroatoms. The zero-order valence-corrected chi connectivity index (χ0v) is 14.4. The highest BCUT2D eigenvalue weighted by Gasteiger charge is 2.41. The van der Waals surface area contributed by atoms with Gasteiger partial charge in [0, 0.05) is 25.9 Å². The van der Waals surface area contributed by atoms with Gasteiger partial charge in [-0.1, -0.05) is 0 Å². The Morgan fingerprint density at radius 2 is 2.20 bits per heavy atom. The first-order valence-electron chi connectivity index (χ1n) is 7.14. The molecule has 1 aromatic rings. The van der Waals surface area contributed by atoms with Gasteiger partial charge < -0.3 is 9.47 Å². The van der Waals surface area contributed by atoms with Gasteiger partial charge in [-0.3, -0.25) is 11.3 Å². The Kier molecular flexibility index (Phi) is 4.99. The third kappa shape index (κ3) is 3.20. The van der Waals surface area contributed by atoms with Gasteiger partial charge in [0.05, 0.1) is 8.48 Å². The zero-order valence-electron chi connectivity index (χ0n) is 11.4. The number of ether oxygens (including phenoxy) is 2. The van der Waals surface area contributed by atoms with Crippen LogP contribution in [0.2, 0.25) is 0 Å². The SMILES string of the molecule is NNC(c1csc(I)c1)C1CCOC2(CCOCC2)C1. The molecule has 0 bridgehead atoms. The molecule has 2 saturated heterocycles. The molecule has 3 heterocycles. The third-order valence-electron chi connectivity index (χ3n) is 4.53. The van der Waals surface area contributed by atoms with Gasteiger partial charge in [-0.2, -0.15) is 0 Å². The van der Waals surface area contributed by atoms with Crippen LogP contribution in [0.1, 0.15) is 37.3 Å². The molecule has 2 aliphatic heterocycles. The van der Waals surface area contributed by atoms with Crippen LogP contribution in [0.4, 0.5) is 0 Å². The first-order chi connectivity index (χ1) is 9.72. The lowest BCUT2D eigenvalue weighted by Gasteiger charge is -2.45. The molecule has 0 aromatic carbocycles. The third-order valence-corrected chi connectivity index (χ3v) is 6.34. The first kappa shape index (κ1) is 15.2. The van der Waals surface area contributed by atoms with Crippen molar-refractivity contribution < 1.29 is 9.47 Å². The minimum atomic E-state index is 0.0272. The van der Waals surface area contributed by atoms with Crippen LogP contribution in [0, 0.1) is 8.80 Å². The van der Waals surface area contributed by atoms with Crippen LogP contribution in [0.5, 0.6) is 0 Å². The van der Waals surface area contributed by atoms with Crippen molar-refractivity contribution in [3.8, 4) is 0 Å². The minimum Gasteiger partial charge on any atom is -0.381 e. The van der Waals surface area contributed by atoms with Crippen molar-refractivity contribution in [1.82, 2.24) is 5.43 Å². The first-order valence-corrected chi connectivity index (χ1v) is 9.10. The Morgan fingerprint density at radius 1 is 1.40 bits per heavy atom. The maximum absolute atomic E-state index is 6.12. The van der Waals surface area contributed by atoms with Crippen molar-refractivity contribution >= 4 is 33.9 Å². The molecule has 2 fully saturated rings. The lowest BCUT2D eigenvalue weighted by molar-refractivity contribution is -0.150. The fraction of sp³-hybridized carbons (Fsp3) is 0.714. The molecule has 3 N–H and O–H groups in total. The normalized spacial score (nSPS) is 27.6. The predicted molar refractivity (Wildman–Crippen MR) is 88.6 cm³/mol. The Morgan fingerprint density at radius 3 is 2.85 bits per heavy atom. The lowest BCUT2D eigenvalue weighted by atomic mass is 9.77. The van der Waals surface area contributed by atoms with Gasteiger partial charge in [-0.15, -0.1) is 11.3 Å². The second-order valence-corrected chi connectivity index (χ2v) is 8.53. The number of halogens is 1. The average molecular weight is 408 g/mol. The van der Waals surface area contributed by atoms with Gasteiger partial charge >= 0.3 is 0 Å². The molecular weight excluding hydrogens is 387 g/mol. The van der Waals surface area contributed by atoms with E-state index in [0.717, 1.165) is 45.5 Å². The van der Waals surface area contributed by atoms with E-state index in [4.69, 9.17) is 15.3 Å². The highest BCUT2D eigenvalue weighted by atomic mass is 127. The van der Waals surface area contributed by atoms with E-state index in [9.17, 15) is 0 Å². The Labute approximate surface area is 137 Å². The second kappa shape index (κ2) is 6.58. The topological polar surface area (TPSA) is 56.5 Å². The summed E-state index contributed by atoms with van der Waals surface area (Å²) < 4.78 is 12.9. The Balaban J connectivity index is 1.74. The molecule has 1 aromatic heterocycles. The molecule has 1 spiro atoms. The summed E-state index contributed by atoms with van der Waals surface area (Å²) in [5.74, 6) is 6.39. The molecule has 0 saturated carbocycles. The van der Waals surface area contributed by atoms with Gasteiger partial charge in [0.15, 0.2) is 0 Å². The molecular formula is C14H21IN2O2S. The van der Waals surface area contributed by atoms with E-state index < -0.39 is 0 Å². The number of thiophene rings is 1. The van der Waals surface area contributed by atoms with Gasteiger partial charge in [0.1, 0.15) is 0 Å². The molecule has 112 valence electrons. The minimum absolute atomic E-state index is 0.0272. The van der Waals surface area contributed by atoms with E-state index in [-0.39, 0.29) is 11.6 Å². The van der Waals surface area contributed by atoms with Crippen LogP contribution in [-0.2, 0) is 9.47 Å². The van der Waals surface area contributed by atoms with E-state index in [0.29, 0.717) is 5.92 Å². The van der Waals surface area contributed by atoms with Crippen molar-refractivity contribution in [2.45, 2.75) is 37.3 Å². The number of nitrogens with two attached hydrogens (primary N) is 1. The summed E-state index contributed by atoms with van der Waals surface area (Å²) in [6.45, 7) is 2.48. The number of hydrogen-bond acceptors (Lipinski definition) is 5. The Bertz CT molecular complexity index is 443. The highest BCUT2D eigenvalue weighted by Crippen LogP contribution is 2.42.